The van der Waals surface area contributed by atoms with E-state index in [9.17, 15) is 4.79 Å². The summed E-state index contributed by atoms with van der Waals surface area (Å²) in [4.78, 5) is 15.4. The number of rotatable bonds is 6. The second-order valence-corrected chi connectivity index (χ2v) is 8.71. The maximum absolute atomic E-state index is 12.9. The van der Waals surface area contributed by atoms with Crippen molar-refractivity contribution in [3.8, 4) is 11.5 Å². The van der Waals surface area contributed by atoms with E-state index >= 15 is 0 Å². The van der Waals surface area contributed by atoms with Gasteiger partial charge in [-0.1, -0.05) is 48.5 Å². The molecule has 2 aliphatic heterocycles. The molecule has 2 aliphatic rings. The molecule has 0 amide bonds. The number of likely N-dealkylation sites (tertiary alicyclic amines) is 1. The van der Waals surface area contributed by atoms with Crippen LogP contribution < -0.4 is 9.47 Å². The first kappa shape index (κ1) is 20.1. The molecule has 0 unspecified atom stereocenters. The highest BCUT2D eigenvalue weighted by molar-refractivity contribution is 5.86. The monoisotopic (exact) mass is 415 g/mol. The summed E-state index contributed by atoms with van der Waals surface area (Å²) in [5.74, 6) is 2.17. The molecule has 4 heteroatoms. The molecule has 0 saturated carbocycles. The SMILES string of the molecule is C[C@H](c1cccc2ccccc12)N1CCC(C(=O)CCc2ccc3c(c2)OCO3)CC1. The highest BCUT2D eigenvalue weighted by Crippen LogP contribution is 2.34. The average molecular weight is 416 g/mol. The molecule has 0 aromatic heterocycles. The Labute approximate surface area is 183 Å². The number of carbonyl (C=O) groups excluding carboxylic acids is 1. The molecule has 2 heterocycles. The quantitative estimate of drug-likeness (QED) is 0.530. The average Bonchev–Trinajstić information content (AvgIpc) is 3.30. The van der Waals surface area contributed by atoms with Gasteiger partial charge in [0.25, 0.3) is 0 Å². The van der Waals surface area contributed by atoms with Gasteiger partial charge in [0.1, 0.15) is 5.78 Å². The Morgan fingerprint density at radius 3 is 2.65 bits per heavy atom. The summed E-state index contributed by atoms with van der Waals surface area (Å²) in [6.07, 6.45) is 3.27. The van der Waals surface area contributed by atoms with Crippen molar-refractivity contribution in [3.63, 3.8) is 0 Å². The first-order chi connectivity index (χ1) is 15.2. The number of benzene rings is 3. The Kier molecular flexibility index (Phi) is 5.65. The molecule has 5 rings (SSSR count). The highest BCUT2D eigenvalue weighted by Gasteiger charge is 2.28. The van der Waals surface area contributed by atoms with Gasteiger partial charge in [0, 0.05) is 18.4 Å². The van der Waals surface area contributed by atoms with Gasteiger partial charge in [-0.05, 0) is 73.3 Å². The molecule has 4 nitrogen and oxygen atoms in total. The van der Waals surface area contributed by atoms with Crippen LogP contribution in [0.15, 0.2) is 60.7 Å². The van der Waals surface area contributed by atoms with E-state index in [1.807, 2.05) is 18.2 Å². The summed E-state index contributed by atoms with van der Waals surface area (Å²) in [5, 5.41) is 2.62. The maximum Gasteiger partial charge on any atom is 0.231 e. The van der Waals surface area contributed by atoms with E-state index in [0.717, 1.165) is 49.4 Å². The topological polar surface area (TPSA) is 38.8 Å². The van der Waals surface area contributed by atoms with Gasteiger partial charge in [0.05, 0.1) is 0 Å². The molecule has 160 valence electrons. The van der Waals surface area contributed by atoms with Crippen molar-refractivity contribution in [1.82, 2.24) is 4.90 Å². The van der Waals surface area contributed by atoms with Crippen LogP contribution in [-0.4, -0.2) is 30.6 Å². The fraction of sp³-hybridized carbons (Fsp3) is 0.370. The number of fused-ring (bicyclic) bond motifs is 2. The number of piperidine rings is 1. The van der Waals surface area contributed by atoms with Gasteiger partial charge >= 0.3 is 0 Å². The fourth-order valence-corrected chi connectivity index (χ4v) is 4.99. The second-order valence-electron chi connectivity index (χ2n) is 8.71. The summed E-state index contributed by atoms with van der Waals surface area (Å²) in [6, 6.07) is 21.5. The lowest BCUT2D eigenvalue weighted by atomic mass is 9.88. The zero-order valence-electron chi connectivity index (χ0n) is 18.0. The molecule has 1 fully saturated rings. The molecule has 1 atom stereocenters. The van der Waals surface area contributed by atoms with E-state index in [2.05, 4.69) is 54.3 Å². The minimum absolute atomic E-state index is 0.185. The van der Waals surface area contributed by atoms with Gasteiger partial charge in [-0.25, -0.2) is 0 Å². The minimum atomic E-state index is 0.185. The van der Waals surface area contributed by atoms with E-state index in [-0.39, 0.29) is 12.7 Å². The molecule has 0 bridgehead atoms. The first-order valence-electron chi connectivity index (χ1n) is 11.3. The van der Waals surface area contributed by atoms with Crippen LogP contribution in [0.5, 0.6) is 11.5 Å². The van der Waals surface area contributed by atoms with Gasteiger partial charge < -0.3 is 9.47 Å². The van der Waals surface area contributed by atoms with Gasteiger partial charge in [-0.15, -0.1) is 0 Å². The third kappa shape index (κ3) is 4.17. The summed E-state index contributed by atoms with van der Waals surface area (Å²) in [6.45, 7) is 4.53. The van der Waals surface area contributed by atoms with E-state index in [0.29, 0.717) is 18.2 Å². The largest absolute Gasteiger partial charge is 0.454 e. The number of Topliss-reactive ketones (excluding diaryl/α,β-unsaturated/α-hetero) is 1. The molecule has 31 heavy (non-hydrogen) atoms. The third-order valence-corrected chi connectivity index (χ3v) is 6.90. The van der Waals surface area contributed by atoms with Crippen LogP contribution in [0, 0.1) is 5.92 Å². The Morgan fingerprint density at radius 1 is 1.00 bits per heavy atom. The van der Waals surface area contributed by atoms with Crippen LogP contribution in [0.1, 0.15) is 43.4 Å². The predicted molar refractivity (Wildman–Crippen MR) is 123 cm³/mol. The van der Waals surface area contributed by atoms with Crippen molar-refractivity contribution in [1.29, 1.82) is 0 Å². The molecule has 1 saturated heterocycles. The number of ketones is 1. The number of aryl methyl sites for hydroxylation is 1. The van der Waals surface area contributed by atoms with Crippen molar-refractivity contribution in [2.45, 2.75) is 38.6 Å². The van der Waals surface area contributed by atoms with Crippen molar-refractivity contribution >= 4 is 16.6 Å². The van der Waals surface area contributed by atoms with Crippen LogP contribution in [0.25, 0.3) is 10.8 Å². The number of ether oxygens (including phenoxy) is 2. The Bertz CT molecular complexity index is 1080. The Morgan fingerprint density at radius 2 is 1.77 bits per heavy atom. The predicted octanol–water partition coefficient (Wildman–Crippen LogP) is 5.54. The Hall–Kier alpha value is -2.85. The number of hydrogen-bond donors (Lipinski definition) is 0. The summed E-state index contributed by atoms with van der Waals surface area (Å²) < 4.78 is 10.8. The molecular weight excluding hydrogens is 386 g/mol. The molecule has 0 aliphatic carbocycles. The minimum Gasteiger partial charge on any atom is -0.454 e. The molecule has 0 N–H and O–H groups in total. The van der Waals surface area contributed by atoms with Crippen molar-refractivity contribution < 1.29 is 14.3 Å². The lowest BCUT2D eigenvalue weighted by Gasteiger charge is -2.36. The van der Waals surface area contributed by atoms with E-state index in [4.69, 9.17) is 9.47 Å². The number of hydrogen-bond acceptors (Lipinski definition) is 4. The standard InChI is InChI=1S/C27H29NO3/c1-19(23-8-4-6-21-5-2-3-7-24(21)23)28-15-13-22(14-16-28)25(29)11-9-20-10-12-26-27(17-20)31-18-30-26/h2-8,10,12,17,19,22H,9,11,13-16,18H2,1H3/t19-/m1/s1. The van der Waals surface area contributed by atoms with Gasteiger partial charge in [-0.2, -0.15) is 0 Å². The molecule has 0 radical (unpaired) electrons. The highest BCUT2D eigenvalue weighted by atomic mass is 16.7. The third-order valence-electron chi connectivity index (χ3n) is 6.90. The van der Waals surface area contributed by atoms with E-state index in [1.165, 1.54) is 16.3 Å². The summed E-state index contributed by atoms with van der Waals surface area (Å²) in [5.41, 5.74) is 2.52. The van der Waals surface area contributed by atoms with Crippen LogP contribution >= 0.6 is 0 Å². The molecular formula is C27H29NO3. The molecule has 3 aromatic carbocycles. The lowest BCUT2D eigenvalue weighted by Crippen LogP contribution is -2.38. The van der Waals surface area contributed by atoms with Crippen LogP contribution in [0.4, 0.5) is 0 Å². The van der Waals surface area contributed by atoms with Crippen LogP contribution in [-0.2, 0) is 11.2 Å². The summed E-state index contributed by atoms with van der Waals surface area (Å²) >= 11 is 0. The Balaban J connectivity index is 1.17. The zero-order chi connectivity index (χ0) is 21.2. The van der Waals surface area contributed by atoms with Crippen LogP contribution in [0.2, 0.25) is 0 Å². The van der Waals surface area contributed by atoms with Crippen molar-refractivity contribution in [2.75, 3.05) is 19.9 Å². The maximum atomic E-state index is 12.9. The zero-order valence-corrected chi connectivity index (χ0v) is 18.0. The first-order valence-corrected chi connectivity index (χ1v) is 11.3. The van der Waals surface area contributed by atoms with E-state index in [1.54, 1.807) is 0 Å². The normalized spacial score (nSPS) is 17.7. The number of nitrogens with zero attached hydrogens (tertiary/aromatic N) is 1. The van der Waals surface area contributed by atoms with Gasteiger partial charge in [0.15, 0.2) is 11.5 Å². The van der Waals surface area contributed by atoms with Crippen molar-refractivity contribution in [3.05, 3.63) is 71.8 Å². The van der Waals surface area contributed by atoms with E-state index < -0.39 is 0 Å². The van der Waals surface area contributed by atoms with Crippen LogP contribution in [0.3, 0.4) is 0 Å². The van der Waals surface area contributed by atoms with Gasteiger partial charge in [0.2, 0.25) is 6.79 Å². The molecule has 0 spiro atoms. The molecule has 3 aromatic rings. The summed E-state index contributed by atoms with van der Waals surface area (Å²) in [7, 11) is 0. The smallest absolute Gasteiger partial charge is 0.231 e. The lowest BCUT2D eigenvalue weighted by molar-refractivity contribution is -0.124. The second kappa shape index (κ2) is 8.72. The van der Waals surface area contributed by atoms with Crippen molar-refractivity contribution in [2.24, 2.45) is 5.92 Å². The fourth-order valence-electron chi connectivity index (χ4n) is 4.99. The van der Waals surface area contributed by atoms with Gasteiger partial charge in [-0.3, -0.25) is 9.69 Å². The number of carbonyl (C=O) groups is 1.